The molecule has 0 spiro atoms. The number of hydrogen-bond donors (Lipinski definition) is 0. The highest BCUT2D eigenvalue weighted by Crippen LogP contribution is 2.26. The van der Waals surface area contributed by atoms with Crippen LogP contribution in [-0.4, -0.2) is 35.2 Å². The smallest absolute Gasteiger partial charge is 0.231 e. The molecule has 1 aliphatic rings. The van der Waals surface area contributed by atoms with Gasteiger partial charge in [0, 0.05) is 23.2 Å². The highest BCUT2D eigenvalue weighted by molar-refractivity contribution is 5.56. The Labute approximate surface area is 151 Å². The predicted molar refractivity (Wildman–Crippen MR) is 97.0 cm³/mol. The van der Waals surface area contributed by atoms with Crippen LogP contribution in [0.2, 0.25) is 0 Å². The highest BCUT2D eigenvalue weighted by atomic mass is 19.1. The average Bonchev–Trinajstić information content (AvgIpc) is 3.29. The van der Waals surface area contributed by atoms with Gasteiger partial charge in [0.2, 0.25) is 11.7 Å². The van der Waals surface area contributed by atoms with Crippen molar-refractivity contribution >= 4 is 0 Å². The summed E-state index contributed by atoms with van der Waals surface area (Å²) in [5.74, 6) is 7.33. The van der Waals surface area contributed by atoms with Crippen LogP contribution in [0.5, 0.6) is 0 Å². The molecule has 1 aromatic heterocycles. The summed E-state index contributed by atoms with van der Waals surface area (Å²) in [5, 5.41) is 4.11. The summed E-state index contributed by atoms with van der Waals surface area (Å²) in [6, 6.07) is 13.9. The zero-order valence-corrected chi connectivity index (χ0v) is 14.4. The Morgan fingerprint density at radius 3 is 2.65 bits per heavy atom. The third-order valence-corrected chi connectivity index (χ3v) is 4.50. The summed E-state index contributed by atoms with van der Waals surface area (Å²) in [6.45, 7) is 2.01. The minimum absolute atomic E-state index is 0.284. The molecule has 3 aromatic rings. The van der Waals surface area contributed by atoms with Gasteiger partial charge in [-0.1, -0.05) is 23.1 Å². The number of hydrogen-bond acceptors (Lipinski definition) is 4. The van der Waals surface area contributed by atoms with E-state index in [9.17, 15) is 4.39 Å². The molecule has 0 amide bonds. The first-order valence-electron chi connectivity index (χ1n) is 8.57. The van der Waals surface area contributed by atoms with E-state index < -0.39 is 0 Å². The van der Waals surface area contributed by atoms with Crippen molar-refractivity contribution in [3.8, 4) is 23.2 Å². The summed E-state index contributed by atoms with van der Waals surface area (Å²) in [5.41, 5.74) is 2.39. The van der Waals surface area contributed by atoms with Crippen molar-refractivity contribution in [3.05, 3.63) is 71.4 Å². The topological polar surface area (TPSA) is 42.2 Å². The maximum atomic E-state index is 13.2. The minimum Gasteiger partial charge on any atom is -0.339 e. The SMILES string of the molecule is CN1CCC(c2nc(-c3ccc(C#Cc4cccc(F)c4)cc3)no2)C1. The second-order valence-corrected chi connectivity index (χ2v) is 6.54. The molecule has 0 radical (unpaired) electrons. The fourth-order valence-electron chi connectivity index (χ4n) is 3.07. The van der Waals surface area contributed by atoms with Gasteiger partial charge < -0.3 is 9.42 Å². The second-order valence-electron chi connectivity index (χ2n) is 6.54. The Balaban J connectivity index is 1.49. The van der Waals surface area contributed by atoms with Gasteiger partial charge in [-0.05, 0) is 62.5 Å². The van der Waals surface area contributed by atoms with Gasteiger partial charge in [-0.15, -0.1) is 0 Å². The predicted octanol–water partition coefficient (Wildman–Crippen LogP) is 3.69. The van der Waals surface area contributed by atoms with Crippen molar-refractivity contribution in [2.45, 2.75) is 12.3 Å². The maximum Gasteiger partial charge on any atom is 0.231 e. The maximum absolute atomic E-state index is 13.2. The molecule has 2 aromatic carbocycles. The van der Waals surface area contributed by atoms with E-state index in [-0.39, 0.29) is 5.82 Å². The summed E-state index contributed by atoms with van der Waals surface area (Å²) in [4.78, 5) is 6.81. The van der Waals surface area contributed by atoms with E-state index in [4.69, 9.17) is 4.52 Å². The average molecular weight is 347 g/mol. The van der Waals surface area contributed by atoms with Gasteiger partial charge in [0.15, 0.2) is 0 Å². The quantitative estimate of drug-likeness (QED) is 0.663. The van der Waals surface area contributed by atoms with Gasteiger partial charge >= 0.3 is 0 Å². The Bertz CT molecular complexity index is 969. The molecule has 0 aliphatic carbocycles. The molecule has 0 bridgehead atoms. The van der Waals surface area contributed by atoms with E-state index in [1.54, 1.807) is 12.1 Å². The molecule has 1 fully saturated rings. The van der Waals surface area contributed by atoms with Crippen molar-refractivity contribution in [3.63, 3.8) is 0 Å². The summed E-state index contributed by atoms with van der Waals surface area (Å²) in [7, 11) is 2.10. The summed E-state index contributed by atoms with van der Waals surface area (Å²) >= 11 is 0. The Morgan fingerprint density at radius 2 is 1.92 bits per heavy atom. The van der Waals surface area contributed by atoms with Crippen LogP contribution < -0.4 is 0 Å². The van der Waals surface area contributed by atoms with Crippen LogP contribution in [0, 0.1) is 17.7 Å². The minimum atomic E-state index is -0.284. The third-order valence-electron chi connectivity index (χ3n) is 4.50. The van der Waals surface area contributed by atoms with Gasteiger partial charge in [0.25, 0.3) is 0 Å². The van der Waals surface area contributed by atoms with E-state index in [1.165, 1.54) is 12.1 Å². The highest BCUT2D eigenvalue weighted by Gasteiger charge is 2.26. The van der Waals surface area contributed by atoms with Gasteiger partial charge in [0.05, 0.1) is 5.92 Å². The molecule has 130 valence electrons. The van der Waals surface area contributed by atoms with Crippen molar-refractivity contribution in [1.29, 1.82) is 0 Å². The molecular formula is C21H18FN3O. The Hall–Kier alpha value is -2.97. The van der Waals surface area contributed by atoms with Crippen molar-refractivity contribution in [2.75, 3.05) is 20.1 Å². The van der Waals surface area contributed by atoms with E-state index >= 15 is 0 Å². The van der Waals surface area contributed by atoms with Gasteiger partial charge in [-0.3, -0.25) is 0 Å². The van der Waals surface area contributed by atoms with Crippen molar-refractivity contribution in [1.82, 2.24) is 15.0 Å². The van der Waals surface area contributed by atoms with Gasteiger partial charge in [0.1, 0.15) is 5.82 Å². The largest absolute Gasteiger partial charge is 0.339 e. The number of likely N-dealkylation sites (N-methyl/N-ethyl adjacent to an activating group) is 1. The third kappa shape index (κ3) is 3.66. The molecule has 5 heteroatoms. The molecule has 1 unspecified atom stereocenters. The van der Waals surface area contributed by atoms with Crippen LogP contribution in [0.15, 0.2) is 53.1 Å². The monoisotopic (exact) mass is 347 g/mol. The lowest BCUT2D eigenvalue weighted by Crippen LogP contribution is -2.13. The first-order valence-corrected chi connectivity index (χ1v) is 8.57. The van der Waals surface area contributed by atoms with Crippen LogP contribution in [-0.2, 0) is 0 Å². The number of likely N-dealkylation sites (tertiary alicyclic amines) is 1. The Kier molecular flexibility index (Phi) is 4.51. The zero-order valence-electron chi connectivity index (χ0n) is 14.4. The number of nitrogens with zero attached hydrogens (tertiary/aromatic N) is 3. The van der Waals surface area contributed by atoms with Crippen LogP contribution >= 0.6 is 0 Å². The molecule has 1 atom stereocenters. The zero-order chi connectivity index (χ0) is 17.9. The number of rotatable bonds is 2. The van der Waals surface area contributed by atoms with E-state index in [2.05, 4.69) is 33.9 Å². The summed E-state index contributed by atoms with van der Waals surface area (Å²) in [6.07, 6.45) is 1.05. The number of benzene rings is 2. The number of aromatic nitrogens is 2. The van der Waals surface area contributed by atoms with Gasteiger partial charge in [-0.2, -0.15) is 4.98 Å². The fourth-order valence-corrected chi connectivity index (χ4v) is 3.07. The number of halogens is 1. The second kappa shape index (κ2) is 7.11. The van der Waals surface area contributed by atoms with Crippen LogP contribution in [0.1, 0.15) is 29.4 Å². The standard InChI is InChI=1S/C21H18FN3O/c1-25-12-11-18(14-25)21-23-20(24-26-21)17-9-7-15(8-10-17)5-6-16-3-2-4-19(22)13-16/h2-4,7-10,13,18H,11-12,14H2,1H3. The van der Waals surface area contributed by atoms with E-state index in [0.29, 0.717) is 23.2 Å². The first kappa shape index (κ1) is 16.5. The molecule has 26 heavy (non-hydrogen) atoms. The molecular weight excluding hydrogens is 329 g/mol. The molecule has 4 nitrogen and oxygen atoms in total. The molecule has 4 rings (SSSR count). The lowest BCUT2D eigenvalue weighted by atomic mass is 10.1. The van der Waals surface area contributed by atoms with Crippen LogP contribution in [0.4, 0.5) is 4.39 Å². The molecule has 0 saturated carbocycles. The van der Waals surface area contributed by atoms with Crippen molar-refractivity contribution in [2.24, 2.45) is 0 Å². The van der Waals surface area contributed by atoms with Crippen LogP contribution in [0.25, 0.3) is 11.4 Å². The first-order chi connectivity index (χ1) is 12.7. The lowest BCUT2D eigenvalue weighted by Gasteiger charge is -2.05. The van der Waals surface area contributed by atoms with Crippen LogP contribution in [0.3, 0.4) is 0 Å². The van der Waals surface area contributed by atoms with E-state index in [0.717, 1.165) is 30.6 Å². The fraction of sp³-hybridized carbons (Fsp3) is 0.238. The normalized spacial score (nSPS) is 17.1. The van der Waals surface area contributed by atoms with Gasteiger partial charge in [-0.25, -0.2) is 4.39 Å². The molecule has 0 N–H and O–H groups in total. The molecule has 2 heterocycles. The molecule has 1 aliphatic heterocycles. The molecule has 1 saturated heterocycles. The van der Waals surface area contributed by atoms with E-state index in [1.807, 2.05) is 24.3 Å². The lowest BCUT2D eigenvalue weighted by molar-refractivity contribution is 0.345. The Morgan fingerprint density at radius 1 is 1.12 bits per heavy atom. The summed E-state index contributed by atoms with van der Waals surface area (Å²) < 4.78 is 18.6. The van der Waals surface area contributed by atoms with Crippen molar-refractivity contribution < 1.29 is 8.91 Å².